The summed E-state index contributed by atoms with van der Waals surface area (Å²) in [5.74, 6) is 1.60. The summed E-state index contributed by atoms with van der Waals surface area (Å²) in [7, 11) is 3.21. The van der Waals surface area contributed by atoms with E-state index in [4.69, 9.17) is 9.47 Å². The zero-order valence-corrected chi connectivity index (χ0v) is 13.5. The van der Waals surface area contributed by atoms with Crippen molar-refractivity contribution in [3.8, 4) is 17.2 Å². The van der Waals surface area contributed by atoms with Gasteiger partial charge in [0.15, 0.2) is 30.0 Å². The predicted octanol–water partition coefficient (Wildman–Crippen LogP) is -0.488. The van der Waals surface area contributed by atoms with Gasteiger partial charge in [-0.05, 0) is 18.2 Å². The van der Waals surface area contributed by atoms with Crippen molar-refractivity contribution in [1.82, 2.24) is 0 Å². The fourth-order valence-electron chi connectivity index (χ4n) is 1.82. The second kappa shape index (κ2) is 7.36. The Hall–Kier alpha value is -1.46. The van der Waals surface area contributed by atoms with E-state index in [1.807, 2.05) is 22.9 Å². The number of aromatic hydroxyl groups is 1. The van der Waals surface area contributed by atoms with Gasteiger partial charge in [0.1, 0.15) is 0 Å². The predicted molar refractivity (Wildman–Crippen MR) is 74.6 cm³/mol. The standard InChI is InChI=1S/C14H14BrNO3.ClH/c1-18-13-6-10(12(15)7-14(13)19-2)8-16-5-3-4-11(17)9-16;/h3-7,9H,8H2,1-2H3;1H. The fourth-order valence-corrected chi connectivity index (χ4v) is 2.27. The number of pyridine rings is 1. The molecule has 2 aromatic rings. The molecule has 0 saturated carbocycles. The van der Waals surface area contributed by atoms with E-state index in [-0.39, 0.29) is 18.2 Å². The van der Waals surface area contributed by atoms with Crippen molar-refractivity contribution >= 4 is 15.9 Å². The Kier molecular flexibility index (Phi) is 6.10. The van der Waals surface area contributed by atoms with Crippen molar-refractivity contribution in [2.24, 2.45) is 0 Å². The molecule has 0 atom stereocenters. The van der Waals surface area contributed by atoms with Crippen LogP contribution in [0.2, 0.25) is 0 Å². The van der Waals surface area contributed by atoms with Gasteiger partial charge < -0.3 is 27.0 Å². The van der Waals surface area contributed by atoms with Crippen LogP contribution in [-0.2, 0) is 6.54 Å². The number of rotatable bonds is 4. The van der Waals surface area contributed by atoms with Crippen LogP contribution in [0.15, 0.2) is 41.1 Å². The first kappa shape index (κ1) is 16.6. The minimum absolute atomic E-state index is 0. The van der Waals surface area contributed by atoms with E-state index in [2.05, 4.69) is 15.9 Å². The highest BCUT2D eigenvalue weighted by atomic mass is 79.9. The molecular formula is C14H15BrClNO3. The third-order valence-electron chi connectivity index (χ3n) is 2.75. The highest BCUT2D eigenvalue weighted by Gasteiger charge is 2.13. The molecule has 0 aliphatic carbocycles. The molecule has 1 N–H and O–H groups in total. The summed E-state index contributed by atoms with van der Waals surface area (Å²) in [6, 6.07) is 7.22. The van der Waals surface area contributed by atoms with Crippen LogP contribution < -0.4 is 26.4 Å². The summed E-state index contributed by atoms with van der Waals surface area (Å²) in [5, 5.41) is 9.47. The first-order valence-electron chi connectivity index (χ1n) is 5.72. The molecule has 108 valence electrons. The van der Waals surface area contributed by atoms with Crippen LogP contribution in [0.4, 0.5) is 0 Å². The van der Waals surface area contributed by atoms with Crippen LogP contribution in [0.3, 0.4) is 0 Å². The Bertz CT molecular complexity index is 593. The van der Waals surface area contributed by atoms with E-state index in [1.54, 1.807) is 32.5 Å². The molecule has 0 radical (unpaired) electrons. The van der Waals surface area contributed by atoms with Gasteiger partial charge in [-0.25, -0.2) is 0 Å². The maximum atomic E-state index is 9.47. The second-order valence-electron chi connectivity index (χ2n) is 4.03. The van der Waals surface area contributed by atoms with E-state index in [0.717, 1.165) is 10.0 Å². The zero-order chi connectivity index (χ0) is 13.8. The second-order valence-corrected chi connectivity index (χ2v) is 4.89. The minimum atomic E-state index is 0. The van der Waals surface area contributed by atoms with Crippen LogP contribution in [0.25, 0.3) is 0 Å². The van der Waals surface area contributed by atoms with Gasteiger partial charge in [0.2, 0.25) is 6.20 Å². The average Bonchev–Trinajstić information content (AvgIpc) is 2.40. The van der Waals surface area contributed by atoms with Gasteiger partial charge in [-0.2, -0.15) is 4.57 Å². The number of aromatic nitrogens is 1. The molecule has 0 fully saturated rings. The smallest absolute Gasteiger partial charge is 0.211 e. The van der Waals surface area contributed by atoms with Gasteiger partial charge in [-0.1, -0.05) is 15.9 Å². The molecule has 0 spiro atoms. The maximum Gasteiger partial charge on any atom is 0.211 e. The monoisotopic (exact) mass is 359 g/mol. The summed E-state index contributed by atoms with van der Waals surface area (Å²) in [6.07, 6.45) is 3.56. The molecule has 6 heteroatoms. The highest BCUT2D eigenvalue weighted by Crippen LogP contribution is 2.33. The third-order valence-corrected chi connectivity index (χ3v) is 3.49. The van der Waals surface area contributed by atoms with Gasteiger partial charge in [0.25, 0.3) is 0 Å². The van der Waals surface area contributed by atoms with Crippen LogP contribution in [0, 0.1) is 0 Å². The Labute approximate surface area is 132 Å². The normalized spacial score (nSPS) is 9.75. The summed E-state index contributed by atoms with van der Waals surface area (Å²) in [4.78, 5) is 0. The number of methoxy groups -OCH3 is 2. The molecule has 1 aromatic heterocycles. The van der Waals surface area contributed by atoms with Crippen molar-refractivity contribution in [1.29, 1.82) is 0 Å². The van der Waals surface area contributed by atoms with Crippen molar-refractivity contribution in [3.05, 3.63) is 46.7 Å². The van der Waals surface area contributed by atoms with Gasteiger partial charge >= 0.3 is 0 Å². The van der Waals surface area contributed by atoms with Crippen LogP contribution in [0.5, 0.6) is 17.2 Å². The molecule has 20 heavy (non-hydrogen) atoms. The molecule has 4 nitrogen and oxygen atoms in total. The van der Waals surface area contributed by atoms with Crippen LogP contribution in [-0.4, -0.2) is 19.3 Å². The van der Waals surface area contributed by atoms with Gasteiger partial charge in [0, 0.05) is 16.1 Å². The first-order valence-corrected chi connectivity index (χ1v) is 6.52. The Morgan fingerprint density at radius 2 is 1.85 bits per heavy atom. The van der Waals surface area contributed by atoms with Gasteiger partial charge in [-0.3, -0.25) is 0 Å². The SMILES string of the molecule is COc1cc(Br)c(C[n+]2cccc(O)c2)cc1OC.[Cl-]. The van der Waals surface area contributed by atoms with Crippen molar-refractivity contribution in [2.45, 2.75) is 6.54 Å². The lowest BCUT2D eigenvalue weighted by molar-refractivity contribution is -0.688. The molecule has 0 amide bonds. The van der Waals surface area contributed by atoms with Gasteiger partial charge in [0.05, 0.1) is 14.2 Å². The summed E-state index contributed by atoms with van der Waals surface area (Å²) < 4.78 is 13.4. The Morgan fingerprint density at radius 3 is 2.45 bits per heavy atom. The molecule has 0 saturated heterocycles. The number of halogens is 2. The molecule has 0 aliphatic rings. The Balaban J connectivity index is 0.00000200. The Morgan fingerprint density at radius 1 is 1.20 bits per heavy atom. The van der Waals surface area contributed by atoms with E-state index < -0.39 is 0 Å². The molecule has 1 aromatic carbocycles. The van der Waals surface area contributed by atoms with Crippen LogP contribution in [0.1, 0.15) is 5.56 Å². The molecule has 1 heterocycles. The maximum absolute atomic E-state index is 9.47. The minimum Gasteiger partial charge on any atom is -1.00 e. The summed E-state index contributed by atoms with van der Waals surface area (Å²) in [5.41, 5.74) is 1.04. The number of hydrogen-bond donors (Lipinski definition) is 1. The lowest BCUT2D eigenvalue weighted by atomic mass is 10.2. The zero-order valence-electron chi connectivity index (χ0n) is 11.1. The van der Waals surface area contributed by atoms with E-state index in [0.29, 0.717) is 18.0 Å². The van der Waals surface area contributed by atoms with Crippen molar-refractivity contribution in [2.75, 3.05) is 14.2 Å². The summed E-state index contributed by atoms with van der Waals surface area (Å²) >= 11 is 3.52. The summed E-state index contributed by atoms with van der Waals surface area (Å²) in [6.45, 7) is 0.620. The molecular weight excluding hydrogens is 346 g/mol. The topological polar surface area (TPSA) is 42.6 Å². The largest absolute Gasteiger partial charge is 1.00 e. The third kappa shape index (κ3) is 3.77. The molecule has 2 rings (SSSR count). The number of ether oxygens (including phenoxy) is 2. The molecule has 0 aliphatic heterocycles. The average molecular weight is 361 g/mol. The van der Waals surface area contributed by atoms with E-state index in [9.17, 15) is 5.11 Å². The number of hydrogen-bond acceptors (Lipinski definition) is 3. The van der Waals surface area contributed by atoms with Gasteiger partial charge in [-0.15, -0.1) is 0 Å². The lowest BCUT2D eigenvalue weighted by Crippen LogP contribution is -3.00. The van der Waals surface area contributed by atoms with Crippen molar-refractivity contribution < 1.29 is 31.6 Å². The quantitative estimate of drug-likeness (QED) is 0.749. The highest BCUT2D eigenvalue weighted by molar-refractivity contribution is 9.10. The number of nitrogens with zero attached hydrogens (tertiary/aromatic N) is 1. The van der Waals surface area contributed by atoms with E-state index >= 15 is 0 Å². The number of benzene rings is 1. The first-order chi connectivity index (χ1) is 9.13. The van der Waals surface area contributed by atoms with E-state index in [1.165, 1.54) is 0 Å². The lowest BCUT2D eigenvalue weighted by Gasteiger charge is -2.10. The van der Waals surface area contributed by atoms with Crippen molar-refractivity contribution in [3.63, 3.8) is 0 Å². The van der Waals surface area contributed by atoms with Crippen LogP contribution >= 0.6 is 15.9 Å². The molecule has 0 unspecified atom stereocenters. The fraction of sp³-hybridized carbons (Fsp3) is 0.214. The molecule has 0 bridgehead atoms.